The van der Waals surface area contributed by atoms with Crippen LogP contribution in [0.5, 0.6) is 0 Å². The van der Waals surface area contributed by atoms with Crippen molar-refractivity contribution in [3.05, 3.63) is 97.3 Å². The quantitative estimate of drug-likeness (QED) is 0.223. The van der Waals surface area contributed by atoms with Crippen LogP contribution in [0.1, 0.15) is 26.0 Å². The van der Waals surface area contributed by atoms with E-state index in [1.807, 2.05) is 50.6 Å². The van der Waals surface area contributed by atoms with Gasteiger partial charge in [-0.3, -0.25) is 4.98 Å². The van der Waals surface area contributed by atoms with Gasteiger partial charge in [-0.15, -0.1) is 0 Å². The predicted octanol–water partition coefficient (Wildman–Crippen LogP) is 7.09. The van der Waals surface area contributed by atoms with E-state index in [4.69, 9.17) is 4.98 Å². The van der Waals surface area contributed by atoms with Crippen LogP contribution in [0.4, 0.5) is 0 Å². The summed E-state index contributed by atoms with van der Waals surface area (Å²) in [5.41, 5.74) is 10.1. The fourth-order valence-corrected chi connectivity index (χ4v) is 4.03. The Hall–Kier alpha value is -4.25. The molecule has 0 unspecified atom stereocenters. The third-order valence-corrected chi connectivity index (χ3v) is 5.63. The molecule has 0 aliphatic rings. The van der Waals surface area contributed by atoms with E-state index in [9.17, 15) is 0 Å². The SMILES string of the molecule is C=C(C)C/C=C(\C=C/C)c1ccc2[nH]cc(-c3cc4c(-c5cccnc5)ccnc4[nH]3)c2n1. The lowest BCUT2D eigenvalue weighted by Gasteiger charge is -2.04. The van der Waals surface area contributed by atoms with Gasteiger partial charge >= 0.3 is 0 Å². The number of pyridine rings is 3. The Balaban J connectivity index is 1.63. The summed E-state index contributed by atoms with van der Waals surface area (Å²) in [5.74, 6) is 0. The molecule has 0 aliphatic heterocycles. The highest BCUT2D eigenvalue weighted by molar-refractivity contribution is 6.00. The molecule has 0 aromatic carbocycles. The van der Waals surface area contributed by atoms with Crippen molar-refractivity contribution >= 4 is 27.6 Å². The van der Waals surface area contributed by atoms with Crippen molar-refractivity contribution in [1.29, 1.82) is 0 Å². The zero-order chi connectivity index (χ0) is 22.8. The maximum atomic E-state index is 5.03. The first kappa shape index (κ1) is 20.6. The lowest BCUT2D eigenvalue weighted by Crippen LogP contribution is -1.89. The van der Waals surface area contributed by atoms with E-state index in [0.717, 1.165) is 67.7 Å². The smallest absolute Gasteiger partial charge is 0.138 e. The molecule has 0 atom stereocenters. The van der Waals surface area contributed by atoms with E-state index in [1.165, 1.54) is 0 Å². The molecule has 0 spiro atoms. The first-order valence-corrected chi connectivity index (χ1v) is 11.0. The lowest BCUT2D eigenvalue weighted by molar-refractivity contribution is 1.22. The number of fused-ring (bicyclic) bond motifs is 2. The molecule has 0 fully saturated rings. The van der Waals surface area contributed by atoms with Crippen LogP contribution >= 0.6 is 0 Å². The van der Waals surface area contributed by atoms with E-state index in [-0.39, 0.29) is 0 Å². The molecule has 33 heavy (non-hydrogen) atoms. The number of hydrogen-bond acceptors (Lipinski definition) is 3. The van der Waals surface area contributed by atoms with Gasteiger partial charge in [0.15, 0.2) is 0 Å². The van der Waals surface area contributed by atoms with Gasteiger partial charge in [0.05, 0.1) is 22.4 Å². The van der Waals surface area contributed by atoms with Crippen molar-refractivity contribution in [1.82, 2.24) is 24.9 Å². The Labute approximate surface area is 192 Å². The van der Waals surface area contributed by atoms with Gasteiger partial charge in [-0.1, -0.05) is 36.4 Å². The van der Waals surface area contributed by atoms with Crippen molar-refractivity contribution in [2.24, 2.45) is 0 Å². The largest absolute Gasteiger partial charge is 0.359 e. The van der Waals surface area contributed by atoms with Crippen LogP contribution in [0, 0.1) is 0 Å². The van der Waals surface area contributed by atoms with E-state index in [1.54, 1.807) is 6.20 Å². The van der Waals surface area contributed by atoms with Crippen LogP contribution in [0.2, 0.25) is 0 Å². The summed E-state index contributed by atoms with van der Waals surface area (Å²) in [6.45, 7) is 8.07. The molecule has 0 aliphatic carbocycles. The predicted molar refractivity (Wildman–Crippen MR) is 137 cm³/mol. The van der Waals surface area contributed by atoms with Gasteiger partial charge in [-0.05, 0) is 61.7 Å². The number of hydrogen-bond donors (Lipinski definition) is 2. The van der Waals surface area contributed by atoms with Crippen LogP contribution in [0.25, 0.3) is 50.0 Å². The molecule has 0 bridgehead atoms. The maximum absolute atomic E-state index is 5.03. The highest BCUT2D eigenvalue weighted by Crippen LogP contribution is 2.34. The van der Waals surface area contributed by atoms with E-state index < -0.39 is 0 Å². The lowest BCUT2D eigenvalue weighted by atomic mass is 10.1. The van der Waals surface area contributed by atoms with Gasteiger partial charge in [0.2, 0.25) is 0 Å². The summed E-state index contributed by atoms with van der Waals surface area (Å²) in [4.78, 5) is 20.7. The Bertz CT molecular complexity index is 1520. The zero-order valence-corrected chi connectivity index (χ0v) is 18.8. The zero-order valence-electron chi connectivity index (χ0n) is 18.8. The molecule has 5 aromatic rings. The average molecular weight is 432 g/mol. The highest BCUT2D eigenvalue weighted by Gasteiger charge is 2.14. The fraction of sp³-hybridized carbons (Fsp3) is 0.107. The van der Waals surface area contributed by atoms with Gasteiger partial charge < -0.3 is 9.97 Å². The number of rotatable bonds is 6. The van der Waals surface area contributed by atoms with E-state index in [2.05, 4.69) is 62.9 Å². The maximum Gasteiger partial charge on any atom is 0.138 e. The summed E-state index contributed by atoms with van der Waals surface area (Å²) in [6, 6.07) is 12.3. The summed E-state index contributed by atoms with van der Waals surface area (Å²) in [7, 11) is 0. The minimum Gasteiger partial charge on any atom is -0.359 e. The van der Waals surface area contributed by atoms with Gasteiger partial charge in [-0.25, -0.2) is 9.97 Å². The van der Waals surface area contributed by atoms with Crippen molar-refractivity contribution in [2.45, 2.75) is 20.3 Å². The van der Waals surface area contributed by atoms with Crippen LogP contribution in [0.15, 0.2) is 91.6 Å². The van der Waals surface area contributed by atoms with Crippen LogP contribution in [-0.4, -0.2) is 24.9 Å². The van der Waals surface area contributed by atoms with Crippen molar-refractivity contribution in [2.75, 3.05) is 0 Å². The first-order chi connectivity index (χ1) is 16.1. The van der Waals surface area contributed by atoms with Crippen molar-refractivity contribution in [3.8, 4) is 22.4 Å². The molecule has 0 saturated carbocycles. The van der Waals surface area contributed by atoms with Gasteiger partial charge in [-0.2, -0.15) is 0 Å². The molecule has 0 radical (unpaired) electrons. The topological polar surface area (TPSA) is 70.2 Å². The molecule has 5 heterocycles. The summed E-state index contributed by atoms with van der Waals surface area (Å²) < 4.78 is 0. The Kier molecular flexibility index (Phi) is 5.45. The standard InChI is InChI=1S/C28H25N5/c1-4-6-19(9-8-18(2)3)24-10-11-25-27(32-24)23(17-31-25)26-15-22-21(12-14-30-28(22)33-26)20-7-5-13-29-16-20/h4-7,9-17,31H,2,8H2,1,3H3,(H,30,33)/b6-4-,19-9+. The number of H-pyrrole nitrogens is 2. The molecule has 5 nitrogen and oxygen atoms in total. The summed E-state index contributed by atoms with van der Waals surface area (Å²) in [5, 5.41) is 1.06. The fourth-order valence-electron chi connectivity index (χ4n) is 4.03. The monoisotopic (exact) mass is 431 g/mol. The number of aromatic nitrogens is 5. The Morgan fingerprint density at radius 1 is 1.12 bits per heavy atom. The number of nitrogens with zero attached hydrogens (tertiary/aromatic N) is 3. The molecule has 5 aromatic heterocycles. The van der Waals surface area contributed by atoms with Gasteiger partial charge in [0, 0.05) is 41.3 Å². The normalized spacial score (nSPS) is 12.2. The van der Waals surface area contributed by atoms with Crippen LogP contribution in [0.3, 0.4) is 0 Å². The van der Waals surface area contributed by atoms with Crippen molar-refractivity contribution in [3.63, 3.8) is 0 Å². The Morgan fingerprint density at radius 2 is 2.03 bits per heavy atom. The van der Waals surface area contributed by atoms with Crippen LogP contribution < -0.4 is 0 Å². The second-order valence-corrected chi connectivity index (χ2v) is 8.16. The van der Waals surface area contributed by atoms with Crippen LogP contribution in [-0.2, 0) is 0 Å². The molecular weight excluding hydrogens is 406 g/mol. The Morgan fingerprint density at radius 3 is 2.82 bits per heavy atom. The van der Waals surface area contributed by atoms with Gasteiger partial charge in [0.25, 0.3) is 0 Å². The molecular formula is C28H25N5. The third-order valence-electron chi connectivity index (χ3n) is 5.63. The molecule has 0 amide bonds. The molecule has 0 saturated heterocycles. The second-order valence-electron chi connectivity index (χ2n) is 8.16. The number of aromatic amines is 2. The number of nitrogens with one attached hydrogen (secondary N) is 2. The molecule has 162 valence electrons. The van der Waals surface area contributed by atoms with Crippen molar-refractivity contribution < 1.29 is 0 Å². The third kappa shape index (κ3) is 4.01. The number of allylic oxidation sites excluding steroid dienone is 5. The minimum atomic E-state index is 0.824. The minimum absolute atomic E-state index is 0.824. The summed E-state index contributed by atoms with van der Waals surface area (Å²) >= 11 is 0. The second kappa shape index (κ2) is 8.71. The van der Waals surface area contributed by atoms with E-state index in [0.29, 0.717) is 0 Å². The molecule has 2 N–H and O–H groups in total. The summed E-state index contributed by atoms with van der Waals surface area (Å²) in [6.07, 6.45) is 14.6. The van der Waals surface area contributed by atoms with Gasteiger partial charge in [0.1, 0.15) is 5.65 Å². The first-order valence-electron chi connectivity index (χ1n) is 11.0. The van der Waals surface area contributed by atoms with E-state index >= 15 is 0 Å². The highest BCUT2D eigenvalue weighted by atomic mass is 14.9. The average Bonchev–Trinajstić information content (AvgIpc) is 3.45. The molecule has 5 heteroatoms. The molecule has 5 rings (SSSR count).